The third-order valence-electron chi connectivity index (χ3n) is 17.2. The first-order valence-electron chi connectivity index (χ1n) is 19.3. The first-order chi connectivity index (χ1) is 23.5. The molecule has 3 aromatic rings. The number of halogens is 2. The molecule has 1 saturated carbocycles. The molecule has 0 nitrogen and oxygen atoms in total. The zero-order chi connectivity index (χ0) is 35.7. The van der Waals surface area contributed by atoms with E-state index in [1.807, 2.05) is 0 Å². The Morgan fingerprint density at radius 1 is 0.692 bits per heavy atom. The van der Waals surface area contributed by atoms with E-state index >= 15 is 0 Å². The Morgan fingerprint density at radius 2 is 1.27 bits per heavy atom. The topological polar surface area (TPSA) is 0 Å². The number of aryl methyl sites for hydroxylation is 2. The van der Waals surface area contributed by atoms with Crippen LogP contribution in [0.3, 0.4) is 0 Å². The molecule has 0 bridgehead atoms. The Balaban J connectivity index is 0.00000232. The molecule has 0 radical (unpaired) electrons. The molecule has 52 heavy (non-hydrogen) atoms. The number of fused-ring (bicyclic) bond motifs is 6. The normalized spacial score (nSPS) is 27.8. The van der Waals surface area contributed by atoms with Crippen LogP contribution >= 0.6 is 24.8 Å². The van der Waals surface area contributed by atoms with Gasteiger partial charge in [-0.3, -0.25) is 0 Å². The van der Waals surface area contributed by atoms with Gasteiger partial charge in [0.15, 0.2) is 0 Å². The van der Waals surface area contributed by atoms with Crippen molar-refractivity contribution in [2.75, 3.05) is 0 Å². The molecule has 0 saturated heterocycles. The SMILES string of the molecule is Cl.Cl.[CH2]=[Zr]([C]1=CC=CC1)([c]1ccc(C)cc1)([c]1ccc(C)cc1)[C]1(C)C2=C3Cc4ccccc4C3=C3C=CCCC3C2(C)C(C)(C)C(C)(C)C1(C)C. The molecule has 5 aliphatic carbocycles. The molecule has 0 amide bonds. The van der Waals surface area contributed by atoms with Crippen molar-refractivity contribution >= 4 is 41.1 Å². The maximum absolute atomic E-state index is 6.11. The van der Waals surface area contributed by atoms with Gasteiger partial charge in [-0.05, 0) is 0 Å². The molecule has 0 spiro atoms. The van der Waals surface area contributed by atoms with Crippen molar-refractivity contribution in [1.29, 1.82) is 0 Å². The van der Waals surface area contributed by atoms with E-state index in [1.54, 1.807) is 25.6 Å². The second kappa shape index (κ2) is 12.4. The standard InChI is InChI=1S/C29H37.2C7H7.C5H5.CH2.2ClH.Zr/c1-18-25-22-17-19-13-9-10-14-20(19)24(22)21-15-11-12-16-23(21)29(25,8)28(6,7)27(4,5)26(18,2)3;2*1-7-5-3-2-4-6-7;1-2-4-5-3-1;;;;/h9-11,13-15,23H,12,16-17H2,1-8H3;2*3-6H,1H3;1-3H,4H2;1H2;2*1H;. The van der Waals surface area contributed by atoms with E-state index in [-0.39, 0.29) is 49.6 Å². The van der Waals surface area contributed by atoms with Gasteiger partial charge in [-0.25, -0.2) is 0 Å². The molecule has 3 atom stereocenters. The van der Waals surface area contributed by atoms with E-state index < -0.39 is 18.3 Å². The van der Waals surface area contributed by atoms with E-state index in [1.165, 1.54) is 35.2 Å². The first kappa shape index (κ1) is 39.4. The van der Waals surface area contributed by atoms with Gasteiger partial charge in [-0.15, -0.1) is 24.8 Å². The number of allylic oxidation sites excluding steroid dienone is 10. The minimum absolute atomic E-state index is 0. The van der Waals surface area contributed by atoms with Gasteiger partial charge >= 0.3 is 306 Å². The first-order valence-corrected chi connectivity index (χ1v) is 25.9. The summed E-state index contributed by atoms with van der Waals surface area (Å²) in [6.45, 7) is 25.9. The van der Waals surface area contributed by atoms with E-state index in [0.717, 1.165) is 19.3 Å². The summed E-state index contributed by atoms with van der Waals surface area (Å²) in [5.74, 6) is 0.441. The van der Waals surface area contributed by atoms with Crippen LogP contribution in [0.5, 0.6) is 0 Å². The van der Waals surface area contributed by atoms with Crippen LogP contribution in [0.2, 0.25) is 3.12 Å². The van der Waals surface area contributed by atoms with Crippen LogP contribution < -0.4 is 6.54 Å². The zero-order valence-electron chi connectivity index (χ0n) is 33.2. The van der Waals surface area contributed by atoms with Crippen LogP contribution in [-0.2, 0) is 24.7 Å². The fourth-order valence-electron chi connectivity index (χ4n) is 13.0. The van der Waals surface area contributed by atoms with Crippen molar-refractivity contribution < 1.29 is 18.3 Å². The van der Waals surface area contributed by atoms with E-state index in [0.29, 0.717) is 5.92 Å². The number of rotatable bonds is 4. The Bertz CT molecular complexity index is 2130. The summed E-state index contributed by atoms with van der Waals surface area (Å²) in [4.78, 5) is 0. The Labute approximate surface area is 328 Å². The average Bonchev–Trinajstić information content (AvgIpc) is 3.77. The number of benzene rings is 3. The van der Waals surface area contributed by atoms with Gasteiger partial charge in [0.2, 0.25) is 0 Å². The summed E-state index contributed by atoms with van der Waals surface area (Å²) in [5.41, 5.74) is 11.8. The molecule has 1 fully saturated rings. The van der Waals surface area contributed by atoms with Crippen molar-refractivity contribution in [1.82, 2.24) is 0 Å². The summed E-state index contributed by atoms with van der Waals surface area (Å²) in [6.07, 6.45) is 16.6. The van der Waals surface area contributed by atoms with Gasteiger partial charge in [-0.1, -0.05) is 0 Å². The maximum atomic E-state index is 6.11. The second-order valence-corrected chi connectivity index (χ2v) is 32.8. The van der Waals surface area contributed by atoms with Crippen molar-refractivity contribution in [2.45, 2.75) is 98.0 Å². The third kappa shape index (κ3) is 4.24. The van der Waals surface area contributed by atoms with Crippen molar-refractivity contribution in [3.05, 3.63) is 145 Å². The van der Waals surface area contributed by atoms with Crippen LogP contribution in [0.4, 0.5) is 0 Å². The van der Waals surface area contributed by atoms with Crippen molar-refractivity contribution in [2.24, 2.45) is 27.6 Å². The molecule has 5 aliphatic rings. The van der Waals surface area contributed by atoms with Gasteiger partial charge in [0.05, 0.1) is 0 Å². The van der Waals surface area contributed by atoms with Gasteiger partial charge < -0.3 is 0 Å². The monoisotopic (exact) mass is 808 g/mol. The average molecular weight is 811 g/mol. The zero-order valence-corrected chi connectivity index (χ0v) is 37.3. The van der Waals surface area contributed by atoms with E-state index in [9.17, 15) is 0 Å². The molecule has 0 aliphatic heterocycles. The van der Waals surface area contributed by atoms with Crippen molar-refractivity contribution in [3.63, 3.8) is 0 Å². The van der Waals surface area contributed by atoms with Crippen LogP contribution in [-0.4, -0.2) is 4.21 Å². The molecule has 0 heterocycles. The van der Waals surface area contributed by atoms with Gasteiger partial charge in [0.25, 0.3) is 0 Å². The molecule has 3 heteroatoms. The predicted molar refractivity (Wildman–Crippen MR) is 229 cm³/mol. The van der Waals surface area contributed by atoms with Crippen LogP contribution in [0.25, 0.3) is 5.57 Å². The molecular weight excluding hydrogens is 751 g/mol. The summed E-state index contributed by atoms with van der Waals surface area (Å²) in [7, 11) is 0. The summed E-state index contributed by atoms with van der Waals surface area (Å²) in [6, 6.07) is 29.0. The second-order valence-electron chi connectivity index (χ2n) is 18.8. The predicted octanol–water partition coefficient (Wildman–Crippen LogP) is 12.6. The van der Waals surface area contributed by atoms with Gasteiger partial charge in [0.1, 0.15) is 0 Å². The molecule has 3 unspecified atom stereocenters. The molecule has 0 N–H and O–H groups in total. The fraction of sp³-hybridized carbons (Fsp3) is 0.408. The molecular formula is C49H60Cl2Zr. The quantitative estimate of drug-likeness (QED) is 0.246. The van der Waals surface area contributed by atoms with E-state index in [4.69, 9.17) is 4.21 Å². The molecule has 8 rings (SSSR count). The number of hydrogen-bond donors (Lipinski definition) is 0. The summed E-state index contributed by atoms with van der Waals surface area (Å²) >= 11 is -5.13. The third-order valence-corrected chi connectivity index (χ3v) is 37.1. The van der Waals surface area contributed by atoms with Crippen molar-refractivity contribution in [3.8, 4) is 0 Å². The Hall–Kier alpha value is -2.31. The van der Waals surface area contributed by atoms with Crippen LogP contribution in [0, 0.1) is 41.4 Å². The molecule has 274 valence electrons. The number of hydrogen-bond acceptors (Lipinski definition) is 0. The van der Waals surface area contributed by atoms with Gasteiger partial charge in [-0.2, -0.15) is 0 Å². The van der Waals surface area contributed by atoms with Crippen LogP contribution in [0.1, 0.15) is 96.9 Å². The fourth-order valence-corrected chi connectivity index (χ4v) is 33.6. The minimum atomic E-state index is -5.13. The Kier molecular flexibility index (Phi) is 9.36. The molecule has 3 aromatic carbocycles. The van der Waals surface area contributed by atoms with E-state index in [2.05, 4.69) is 172 Å². The Morgan fingerprint density at radius 3 is 1.83 bits per heavy atom. The summed E-state index contributed by atoms with van der Waals surface area (Å²) < 4.78 is 10.5. The van der Waals surface area contributed by atoms with Crippen LogP contribution in [0.15, 0.2) is 123 Å². The molecule has 0 aromatic heterocycles. The summed E-state index contributed by atoms with van der Waals surface area (Å²) in [5, 5.41) is 0. The van der Waals surface area contributed by atoms with Gasteiger partial charge in [0, 0.05) is 0 Å².